The van der Waals surface area contributed by atoms with Crippen LogP contribution < -0.4 is 10.6 Å². The number of hydrogen-bond acceptors (Lipinski definition) is 3. The molecule has 1 aliphatic heterocycles. The minimum Gasteiger partial charge on any atom is -0.359 e. The Morgan fingerprint density at radius 3 is 2.47 bits per heavy atom. The zero-order valence-electron chi connectivity index (χ0n) is 18.3. The Morgan fingerprint density at radius 2 is 1.87 bits per heavy atom. The molecule has 7 nitrogen and oxygen atoms in total. The number of aryl methyl sites for hydroxylation is 1. The molecule has 0 saturated carbocycles. The van der Waals surface area contributed by atoms with Gasteiger partial charge in [-0.15, -0.1) is 24.0 Å². The van der Waals surface area contributed by atoms with E-state index in [1.165, 1.54) is 5.56 Å². The number of aliphatic imine (C=N–C) groups is 1. The van der Waals surface area contributed by atoms with Crippen LogP contribution in [0.4, 0.5) is 0 Å². The molecule has 0 aliphatic carbocycles. The average molecular weight is 524 g/mol. The number of aromatic nitrogens is 2. The molecule has 1 fully saturated rings. The molecule has 164 valence electrons. The Kier molecular flexibility index (Phi) is 9.13. The first-order valence-corrected chi connectivity index (χ1v) is 10.3. The second-order valence-corrected chi connectivity index (χ2v) is 7.61. The molecule has 30 heavy (non-hydrogen) atoms. The second-order valence-electron chi connectivity index (χ2n) is 7.61. The van der Waals surface area contributed by atoms with Crippen molar-refractivity contribution >= 4 is 35.8 Å². The number of para-hydroxylation sites is 1. The highest BCUT2D eigenvalue weighted by Crippen LogP contribution is 2.21. The van der Waals surface area contributed by atoms with Crippen LogP contribution >= 0.6 is 24.0 Å². The number of guanidine groups is 1. The lowest BCUT2D eigenvalue weighted by Gasteiger charge is -2.34. The van der Waals surface area contributed by atoms with E-state index in [9.17, 15) is 4.79 Å². The van der Waals surface area contributed by atoms with Crippen LogP contribution in [-0.2, 0) is 11.3 Å². The average Bonchev–Trinajstić information content (AvgIpc) is 3.04. The summed E-state index contributed by atoms with van der Waals surface area (Å²) in [6, 6.07) is 10.2. The topological polar surface area (TPSA) is 74.5 Å². The summed E-state index contributed by atoms with van der Waals surface area (Å²) >= 11 is 0. The van der Waals surface area contributed by atoms with E-state index in [-0.39, 0.29) is 29.9 Å². The van der Waals surface area contributed by atoms with E-state index >= 15 is 0 Å². The minimum atomic E-state index is 0. The molecule has 0 radical (unpaired) electrons. The van der Waals surface area contributed by atoms with Gasteiger partial charge in [0.15, 0.2) is 5.96 Å². The summed E-state index contributed by atoms with van der Waals surface area (Å²) in [5, 5.41) is 11.0. The van der Waals surface area contributed by atoms with Gasteiger partial charge in [-0.3, -0.25) is 9.79 Å². The van der Waals surface area contributed by atoms with Crippen molar-refractivity contribution in [1.82, 2.24) is 25.3 Å². The Bertz CT molecular complexity index is 856. The van der Waals surface area contributed by atoms with E-state index in [1.54, 1.807) is 7.05 Å². The van der Waals surface area contributed by atoms with E-state index < -0.39 is 0 Å². The van der Waals surface area contributed by atoms with Gasteiger partial charge in [0.1, 0.15) is 0 Å². The zero-order valence-corrected chi connectivity index (χ0v) is 20.6. The monoisotopic (exact) mass is 524 g/mol. The molecule has 0 spiro atoms. The number of rotatable bonds is 5. The molecule has 2 N–H and O–H groups in total. The van der Waals surface area contributed by atoms with Crippen LogP contribution in [0, 0.1) is 19.8 Å². The SMILES string of the molecule is CN=C(NCc1c(C)nn(-c2ccccc2)c1C)N1CCC(CC(=O)NC)CC1.I. The van der Waals surface area contributed by atoms with E-state index in [4.69, 9.17) is 5.10 Å². The summed E-state index contributed by atoms with van der Waals surface area (Å²) in [7, 11) is 3.53. The van der Waals surface area contributed by atoms with E-state index in [2.05, 4.69) is 46.5 Å². The first kappa shape index (κ1) is 24.2. The van der Waals surface area contributed by atoms with Gasteiger partial charge in [0.25, 0.3) is 0 Å². The number of likely N-dealkylation sites (tertiary alicyclic amines) is 1. The Hall–Kier alpha value is -2.10. The molecule has 3 rings (SSSR count). The van der Waals surface area contributed by atoms with Gasteiger partial charge in [-0.1, -0.05) is 18.2 Å². The number of nitrogens with zero attached hydrogens (tertiary/aromatic N) is 4. The predicted molar refractivity (Wildman–Crippen MR) is 132 cm³/mol. The van der Waals surface area contributed by atoms with Crippen LogP contribution in [0.1, 0.15) is 36.2 Å². The minimum absolute atomic E-state index is 0. The van der Waals surface area contributed by atoms with E-state index in [1.807, 2.05) is 29.9 Å². The quantitative estimate of drug-likeness (QED) is 0.359. The predicted octanol–water partition coefficient (Wildman–Crippen LogP) is 3.03. The summed E-state index contributed by atoms with van der Waals surface area (Å²) in [6.45, 7) is 6.69. The lowest BCUT2D eigenvalue weighted by Crippen LogP contribution is -2.45. The maximum absolute atomic E-state index is 11.6. The number of amides is 1. The van der Waals surface area contributed by atoms with Crippen molar-refractivity contribution in [3.63, 3.8) is 0 Å². The van der Waals surface area contributed by atoms with Crippen molar-refractivity contribution in [1.29, 1.82) is 0 Å². The molecule has 1 amide bonds. The lowest BCUT2D eigenvalue weighted by atomic mass is 9.93. The van der Waals surface area contributed by atoms with Crippen molar-refractivity contribution in [2.75, 3.05) is 27.2 Å². The molecule has 8 heteroatoms. The molecule has 1 aromatic heterocycles. The van der Waals surface area contributed by atoms with E-state index in [0.29, 0.717) is 18.9 Å². The molecule has 1 saturated heterocycles. The van der Waals surface area contributed by atoms with Crippen molar-refractivity contribution in [2.45, 2.75) is 39.7 Å². The first-order chi connectivity index (χ1) is 14.0. The molecule has 1 aliphatic rings. The number of carbonyl (C=O) groups is 1. The number of benzene rings is 1. The van der Waals surface area contributed by atoms with Gasteiger partial charge in [0.2, 0.25) is 5.91 Å². The molecule has 0 bridgehead atoms. The lowest BCUT2D eigenvalue weighted by molar-refractivity contribution is -0.121. The third kappa shape index (κ3) is 5.74. The number of carbonyl (C=O) groups excluding carboxylic acids is 1. The van der Waals surface area contributed by atoms with Crippen LogP contribution in [0.2, 0.25) is 0 Å². The Balaban J connectivity index is 0.00000320. The van der Waals surface area contributed by atoms with Gasteiger partial charge in [-0.2, -0.15) is 5.10 Å². The summed E-state index contributed by atoms with van der Waals surface area (Å²) in [5.74, 6) is 1.50. The fourth-order valence-electron chi connectivity index (χ4n) is 3.96. The van der Waals surface area contributed by atoms with Crippen molar-refractivity contribution < 1.29 is 4.79 Å². The number of nitrogens with one attached hydrogen (secondary N) is 2. The Morgan fingerprint density at radius 1 is 1.20 bits per heavy atom. The van der Waals surface area contributed by atoms with Crippen LogP contribution in [0.3, 0.4) is 0 Å². The van der Waals surface area contributed by atoms with Crippen LogP contribution in [0.5, 0.6) is 0 Å². The summed E-state index contributed by atoms with van der Waals surface area (Å²) in [4.78, 5) is 18.4. The first-order valence-electron chi connectivity index (χ1n) is 10.3. The smallest absolute Gasteiger partial charge is 0.220 e. The summed E-state index contributed by atoms with van der Waals surface area (Å²) in [6.07, 6.45) is 2.64. The largest absolute Gasteiger partial charge is 0.359 e. The zero-order chi connectivity index (χ0) is 20.8. The highest BCUT2D eigenvalue weighted by atomic mass is 127. The molecule has 2 heterocycles. The van der Waals surface area contributed by atoms with Crippen LogP contribution in [0.25, 0.3) is 5.69 Å². The van der Waals surface area contributed by atoms with Crippen LogP contribution in [0.15, 0.2) is 35.3 Å². The molecule has 2 aromatic rings. The molecule has 0 atom stereocenters. The number of halogens is 1. The van der Waals surface area contributed by atoms with E-state index in [0.717, 1.165) is 49.0 Å². The molecule has 1 aromatic carbocycles. The number of piperidine rings is 1. The van der Waals surface area contributed by atoms with Gasteiger partial charge >= 0.3 is 0 Å². The Labute approximate surface area is 196 Å². The molecular weight excluding hydrogens is 491 g/mol. The van der Waals surface area contributed by atoms with Gasteiger partial charge in [-0.05, 0) is 44.7 Å². The third-order valence-electron chi connectivity index (χ3n) is 5.74. The number of hydrogen-bond donors (Lipinski definition) is 2. The highest BCUT2D eigenvalue weighted by molar-refractivity contribution is 14.0. The fraction of sp³-hybridized carbons (Fsp3) is 0.500. The second kappa shape index (κ2) is 11.3. The van der Waals surface area contributed by atoms with Gasteiger partial charge in [0, 0.05) is 51.4 Å². The van der Waals surface area contributed by atoms with Crippen LogP contribution in [-0.4, -0.2) is 53.7 Å². The standard InChI is InChI=1S/C22H32N6O.HI/c1-16-20(17(2)28(26-16)19-8-6-5-7-9-19)15-25-22(24-4)27-12-10-18(11-13-27)14-21(29)23-3;/h5-9,18H,10-15H2,1-4H3,(H,23,29)(H,24,25);1H. The van der Waals surface area contributed by atoms with Gasteiger partial charge in [-0.25, -0.2) is 4.68 Å². The maximum Gasteiger partial charge on any atom is 0.220 e. The molecular formula is C22H33IN6O. The third-order valence-corrected chi connectivity index (χ3v) is 5.74. The highest BCUT2D eigenvalue weighted by Gasteiger charge is 2.23. The van der Waals surface area contributed by atoms with Crippen molar-refractivity contribution in [2.24, 2.45) is 10.9 Å². The fourth-order valence-corrected chi connectivity index (χ4v) is 3.96. The maximum atomic E-state index is 11.6. The van der Waals surface area contributed by atoms with Gasteiger partial charge in [0.05, 0.1) is 11.4 Å². The normalized spacial score (nSPS) is 14.9. The van der Waals surface area contributed by atoms with Gasteiger partial charge < -0.3 is 15.5 Å². The van der Waals surface area contributed by atoms with Crippen molar-refractivity contribution in [3.05, 3.63) is 47.3 Å². The summed E-state index contributed by atoms with van der Waals surface area (Å²) in [5.41, 5.74) is 4.44. The summed E-state index contributed by atoms with van der Waals surface area (Å²) < 4.78 is 2.00. The van der Waals surface area contributed by atoms with Crippen molar-refractivity contribution in [3.8, 4) is 5.69 Å². The molecule has 0 unspecified atom stereocenters.